The van der Waals surface area contributed by atoms with Gasteiger partial charge >= 0.3 is 0 Å². The number of para-hydroxylation sites is 1. The zero-order chi connectivity index (χ0) is 28.4. The highest BCUT2D eigenvalue weighted by Crippen LogP contribution is 2.37. The second kappa shape index (κ2) is 14.0. The van der Waals surface area contributed by atoms with Crippen molar-refractivity contribution in [3.05, 3.63) is 112 Å². The Kier molecular flexibility index (Phi) is 10.5. The molecule has 0 atom stereocenters. The zero-order valence-corrected chi connectivity index (χ0v) is 23.0. The normalized spacial score (nSPS) is 10.8. The minimum atomic E-state index is -0.250. The van der Waals surface area contributed by atoms with Crippen molar-refractivity contribution in [1.29, 1.82) is 0 Å². The zero-order valence-electron chi connectivity index (χ0n) is 22.2. The molecule has 0 aliphatic carbocycles. The highest BCUT2D eigenvalue weighted by molar-refractivity contribution is 6.33. The molecule has 5 nitrogen and oxygen atoms in total. The van der Waals surface area contributed by atoms with Crippen molar-refractivity contribution in [3.63, 3.8) is 0 Å². The summed E-state index contributed by atoms with van der Waals surface area (Å²) in [6, 6.07) is 25.7. The first-order chi connectivity index (χ1) is 18.8. The van der Waals surface area contributed by atoms with Crippen LogP contribution in [0.1, 0.15) is 35.6 Å². The van der Waals surface area contributed by atoms with Gasteiger partial charge in [0, 0.05) is 22.4 Å². The molecule has 0 radical (unpaired) electrons. The number of benzene rings is 4. The Balaban J connectivity index is 0.00000134. The quantitative estimate of drug-likeness (QED) is 0.196. The Bertz CT molecular complexity index is 1480. The van der Waals surface area contributed by atoms with E-state index >= 15 is 0 Å². The van der Waals surface area contributed by atoms with Gasteiger partial charge < -0.3 is 15.5 Å². The number of aryl methyl sites for hydroxylation is 3. The van der Waals surface area contributed by atoms with E-state index in [2.05, 4.69) is 50.4 Å². The number of aromatic hydroxyl groups is 1. The number of carbonyl (C=O) groups excluding carboxylic acids is 1. The third kappa shape index (κ3) is 7.59. The molecule has 4 rings (SSSR count). The summed E-state index contributed by atoms with van der Waals surface area (Å²) in [5.74, 6) is 0.247. The molecule has 0 saturated heterocycles. The van der Waals surface area contributed by atoms with E-state index in [1.807, 2.05) is 42.5 Å². The van der Waals surface area contributed by atoms with Crippen molar-refractivity contribution in [3.8, 4) is 28.0 Å². The van der Waals surface area contributed by atoms with Crippen LogP contribution in [-0.4, -0.2) is 23.1 Å². The van der Waals surface area contributed by atoms with Crippen LogP contribution in [0.15, 0.2) is 84.9 Å². The van der Waals surface area contributed by atoms with Crippen LogP contribution < -0.4 is 5.32 Å². The largest absolute Gasteiger partial charge is 0.507 e. The van der Waals surface area contributed by atoms with E-state index < -0.39 is 0 Å². The summed E-state index contributed by atoms with van der Waals surface area (Å²) in [4.78, 5) is 19.6. The van der Waals surface area contributed by atoms with Crippen molar-refractivity contribution in [2.45, 2.75) is 33.6 Å². The van der Waals surface area contributed by atoms with E-state index in [0.717, 1.165) is 46.2 Å². The molecule has 0 fully saturated rings. The van der Waals surface area contributed by atoms with E-state index in [4.69, 9.17) is 21.5 Å². The Morgan fingerprint density at radius 2 is 1.51 bits per heavy atom. The summed E-state index contributed by atoms with van der Waals surface area (Å²) < 4.78 is 0. The third-order valence-electron chi connectivity index (χ3n) is 6.61. The topological polar surface area (TPSA) is 86.6 Å². The molecule has 200 valence electrons. The van der Waals surface area contributed by atoms with Crippen LogP contribution >= 0.6 is 11.6 Å². The second-order valence-corrected chi connectivity index (χ2v) is 9.59. The number of anilines is 1. The van der Waals surface area contributed by atoms with Crippen molar-refractivity contribution in [2.75, 3.05) is 5.32 Å². The van der Waals surface area contributed by atoms with Crippen molar-refractivity contribution in [2.24, 2.45) is 0 Å². The number of amides is 1. The van der Waals surface area contributed by atoms with Gasteiger partial charge in [-0.2, -0.15) is 0 Å². The predicted molar refractivity (Wildman–Crippen MR) is 160 cm³/mol. The monoisotopic (exact) mass is 541 g/mol. The molecule has 39 heavy (non-hydrogen) atoms. The molecular formula is C33H32ClNO4. The molecule has 1 amide bonds. The van der Waals surface area contributed by atoms with E-state index in [9.17, 15) is 9.90 Å². The van der Waals surface area contributed by atoms with Crippen molar-refractivity contribution < 1.29 is 19.8 Å². The number of carbonyl (C=O) groups is 2. The average molecular weight is 542 g/mol. The van der Waals surface area contributed by atoms with Gasteiger partial charge in [-0.1, -0.05) is 78.3 Å². The van der Waals surface area contributed by atoms with Gasteiger partial charge in [0.15, 0.2) is 0 Å². The molecule has 4 aromatic carbocycles. The highest BCUT2D eigenvalue weighted by Gasteiger charge is 2.13. The number of nitrogens with one attached hydrogen (secondary N) is 1. The van der Waals surface area contributed by atoms with Crippen LogP contribution in [0.4, 0.5) is 5.69 Å². The molecule has 0 heterocycles. The van der Waals surface area contributed by atoms with Crippen LogP contribution in [0, 0.1) is 13.8 Å². The molecule has 4 aromatic rings. The molecule has 0 aromatic heterocycles. The van der Waals surface area contributed by atoms with Crippen LogP contribution in [0.25, 0.3) is 27.8 Å². The lowest BCUT2D eigenvalue weighted by Crippen LogP contribution is -1.99. The number of hydrogen-bond donors (Lipinski definition) is 3. The lowest BCUT2D eigenvalue weighted by atomic mass is 9.95. The second-order valence-electron chi connectivity index (χ2n) is 9.18. The first kappa shape index (κ1) is 29.2. The van der Waals surface area contributed by atoms with Crippen molar-refractivity contribution in [1.82, 2.24) is 0 Å². The number of rotatable bonds is 8. The molecular weight excluding hydrogens is 510 g/mol. The van der Waals surface area contributed by atoms with E-state index in [1.165, 1.54) is 16.7 Å². The predicted octanol–water partition coefficient (Wildman–Crippen LogP) is 8.30. The maximum Gasteiger partial charge on any atom is 0.290 e. The standard InChI is InChI=1S/C32H30ClNO2.CH2O2/c1-21-11-12-24(17-23(21)3)8-6-7-22(2)28-18-29(30(33)19-31(28)34-20-35)26-15-13-25(14-16-26)27-9-4-5-10-32(27)36;2-1-3/h4-5,7,9-20,36H,6,8H2,1-3H3,(H,34,35);1H,(H,2,3)/b22-7+;. The van der Waals surface area contributed by atoms with Crippen molar-refractivity contribution >= 4 is 35.7 Å². The van der Waals surface area contributed by atoms with Crippen LogP contribution in [0.3, 0.4) is 0 Å². The highest BCUT2D eigenvalue weighted by atomic mass is 35.5. The summed E-state index contributed by atoms with van der Waals surface area (Å²) in [6.07, 6.45) is 4.73. The summed E-state index contributed by atoms with van der Waals surface area (Å²) in [7, 11) is 0. The molecule has 0 unspecified atom stereocenters. The maximum atomic E-state index is 11.3. The average Bonchev–Trinajstić information content (AvgIpc) is 2.92. The van der Waals surface area contributed by atoms with E-state index in [0.29, 0.717) is 17.1 Å². The lowest BCUT2D eigenvalue weighted by molar-refractivity contribution is -0.122. The first-order valence-corrected chi connectivity index (χ1v) is 12.9. The van der Waals surface area contributed by atoms with Crippen LogP contribution in [0.2, 0.25) is 5.02 Å². The fourth-order valence-corrected chi connectivity index (χ4v) is 4.65. The van der Waals surface area contributed by atoms with Gasteiger partial charge in [0.2, 0.25) is 6.41 Å². The Morgan fingerprint density at radius 3 is 2.13 bits per heavy atom. The van der Waals surface area contributed by atoms with Crippen LogP contribution in [0.5, 0.6) is 5.75 Å². The summed E-state index contributed by atoms with van der Waals surface area (Å²) in [5, 5.41) is 20.4. The third-order valence-corrected chi connectivity index (χ3v) is 6.93. The fraction of sp³-hybridized carbons (Fsp3) is 0.152. The molecule has 0 spiro atoms. The number of phenols is 1. The molecule has 6 heteroatoms. The Labute approximate surface area is 234 Å². The van der Waals surface area contributed by atoms with Gasteiger partial charge in [0.05, 0.1) is 5.02 Å². The molecule has 0 aliphatic rings. The number of hydrogen-bond acceptors (Lipinski definition) is 3. The van der Waals surface area contributed by atoms with E-state index in [-0.39, 0.29) is 12.2 Å². The number of halogens is 1. The minimum Gasteiger partial charge on any atom is -0.507 e. The van der Waals surface area contributed by atoms with Gasteiger partial charge in [-0.3, -0.25) is 9.59 Å². The first-order valence-electron chi connectivity index (χ1n) is 12.5. The molecule has 3 N–H and O–H groups in total. The van der Waals surface area contributed by atoms with Gasteiger partial charge in [0.1, 0.15) is 5.75 Å². The summed E-state index contributed by atoms with van der Waals surface area (Å²) >= 11 is 6.65. The van der Waals surface area contributed by atoms with Gasteiger partial charge in [-0.05, 0) is 85.2 Å². The number of carboxylic acid groups (broad SMARTS) is 1. The molecule has 0 bridgehead atoms. The van der Waals surface area contributed by atoms with Crippen LogP contribution in [-0.2, 0) is 16.0 Å². The smallest absolute Gasteiger partial charge is 0.290 e. The maximum absolute atomic E-state index is 11.3. The molecule has 0 aliphatic heterocycles. The lowest BCUT2D eigenvalue weighted by Gasteiger charge is -2.15. The Hall–Kier alpha value is -4.35. The minimum absolute atomic E-state index is 0.247. The van der Waals surface area contributed by atoms with Gasteiger partial charge in [-0.25, -0.2) is 0 Å². The fourth-order valence-electron chi connectivity index (χ4n) is 4.38. The summed E-state index contributed by atoms with van der Waals surface area (Å²) in [5.41, 5.74) is 10.2. The Morgan fingerprint density at radius 1 is 0.872 bits per heavy atom. The number of phenolic OH excluding ortho intramolecular Hbond substituents is 1. The molecule has 0 saturated carbocycles. The SMILES string of the molecule is C/C(=C\CCc1ccc(C)c(C)c1)c1cc(-c2ccc(-c3ccccc3O)cc2)c(Cl)cc1NC=O.O=CO. The van der Waals surface area contributed by atoms with E-state index in [1.54, 1.807) is 18.2 Å². The van der Waals surface area contributed by atoms with Gasteiger partial charge in [0.25, 0.3) is 6.47 Å². The number of allylic oxidation sites excluding steroid dienone is 2. The van der Waals surface area contributed by atoms with Gasteiger partial charge in [-0.15, -0.1) is 0 Å². The summed E-state index contributed by atoms with van der Waals surface area (Å²) in [6.45, 7) is 6.08.